The molecule has 0 aromatic heterocycles. The topological polar surface area (TPSA) is 132 Å². The molecule has 0 bridgehead atoms. The molecule has 0 fully saturated rings. The number of nitriles is 3. The maximum absolute atomic E-state index is 13.5. The van der Waals surface area contributed by atoms with Gasteiger partial charge in [-0.25, -0.2) is 0 Å². The third kappa shape index (κ3) is 7.48. The van der Waals surface area contributed by atoms with Crippen molar-refractivity contribution in [3.8, 4) is 18.2 Å². The Labute approximate surface area is 228 Å². The van der Waals surface area contributed by atoms with E-state index in [1.165, 1.54) is 26.0 Å². The molecule has 196 valence electrons. The zero-order chi connectivity index (χ0) is 29.0. The lowest BCUT2D eigenvalue weighted by Crippen LogP contribution is -2.36. The largest absolute Gasteiger partial charge is 0.465 e. The molecule has 0 aliphatic heterocycles. The van der Waals surface area contributed by atoms with E-state index in [4.69, 9.17) is 4.74 Å². The Balaban J connectivity index is 0.00000124. The maximum Gasteiger partial charge on any atom is 0.316 e. The minimum Gasteiger partial charge on any atom is -0.465 e. The summed E-state index contributed by atoms with van der Waals surface area (Å²) < 4.78 is 5.28. The lowest BCUT2D eigenvalue weighted by Gasteiger charge is -2.34. The highest BCUT2D eigenvalue weighted by molar-refractivity contribution is 6.08. The molecule has 0 aliphatic rings. The Kier molecular flexibility index (Phi) is 10.9. The molecule has 0 saturated carbocycles. The molecule has 3 aromatic carbocycles. The monoisotopic (exact) mass is 519 g/mol. The smallest absolute Gasteiger partial charge is 0.316 e. The second kappa shape index (κ2) is 14.0. The minimum absolute atomic E-state index is 0.00494. The molecule has 0 saturated heterocycles. The third-order valence-electron chi connectivity index (χ3n) is 6.08. The second-order valence-electron chi connectivity index (χ2n) is 9.12. The number of Topliss-reactive ketones (excluding diaryl/α,β-unsaturated/α-hetero) is 2. The fourth-order valence-electron chi connectivity index (χ4n) is 4.26. The highest BCUT2D eigenvalue weighted by atomic mass is 16.5. The molecular formula is C32H29N3O4. The number of carbonyl (C=O) groups excluding carboxylic acids is 3. The lowest BCUT2D eigenvalue weighted by atomic mass is 9.67. The molecule has 0 radical (unpaired) electrons. The molecular weight excluding hydrogens is 490 g/mol. The van der Waals surface area contributed by atoms with E-state index in [9.17, 15) is 30.2 Å². The number of ether oxygens (including phenoxy) is 1. The summed E-state index contributed by atoms with van der Waals surface area (Å²) in [4.78, 5) is 36.0. The second-order valence-corrected chi connectivity index (χ2v) is 9.12. The molecule has 7 heteroatoms. The number of rotatable bonds is 8. The molecule has 7 nitrogen and oxygen atoms in total. The van der Waals surface area contributed by atoms with Gasteiger partial charge in [0.15, 0.2) is 5.78 Å². The Morgan fingerprint density at radius 3 is 1.79 bits per heavy atom. The molecule has 39 heavy (non-hydrogen) atoms. The standard InChI is InChI=1S/C29H23N3O3.C3H6O/c1-3-35-28(34)25(27(33)20-10-6-4-7-11-20)16-29(2,24-12-8-5-9-13-24)26-15-22(18-31)21(17-30)14-23(26)19-32;1-3(2)4/h4-15,25H,3,16H2,1-2H3;1-2H3/t25-,29-;/m1./s1. The van der Waals surface area contributed by atoms with Crippen molar-refractivity contribution in [2.45, 2.75) is 39.5 Å². The third-order valence-corrected chi connectivity index (χ3v) is 6.08. The first-order valence-electron chi connectivity index (χ1n) is 12.3. The van der Waals surface area contributed by atoms with Gasteiger partial charge < -0.3 is 9.53 Å². The van der Waals surface area contributed by atoms with Gasteiger partial charge in [0.1, 0.15) is 23.8 Å². The van der Waals surface area contributed by atoms with Crippen molar-refractivity contribution >= 4 is 17.5 Å². The first-order valence-corrected chi connectivity index (χ1v) is 12.3. The predicted octanol–water partition coefficient (Wildman–Crippen LogP) is 5.66. The van der Waals surface area contributed by atoms with Crippen LogP contribution in [0.4, 0.5) is 0 Å². The molecule has 0 N–H and O–H groups in total. The summed E-state index contributed by atoms with van der Waals surface area (Å²) in [5.41, 5.74) is 0.947. The van der Waals surface area contributed by atoms with E-state index in [2.05, 4.69) is 6.07 Å². The number of esters is 1. The first kappa shape index (κ1) is 30.2. The molecule has 3 aromatic rings. The predicted molar refractivity (Wildman–Crippen MR) is 145 cm³/mol. The van der Waals surface area contributed by atoms with Gasteiger partial charge in [-0.15, -0.1) is 0 Å². The number of hydrogen-bond acceptors (Lipinski definition) is 7. The number of ketones is 2. The van der Waals surface area contributed by atoms with E-state index in [0.29, 0.717) is 11.1 Å². The van der Waals surface area contributed by atoms with Gasteiger partial charge >= 0.3 is 5.97 Å². The summed E-state index contributed by atoms with van der Waals surface area (Å²) in [6.07, 6.45) is -0.00494. The van der Waals surface area contributed by atoms with Crippen LogP contribution in [0.1, 0.15) is 72.3 Å². The molecule has 2 atom stereocenters. The molecule has 0 amide bonds. The van der Waals surface area contributed by atoms with E-state index in [1.54, 1.807) is 37.3 Å². The van der Waals surface area contributed by atoms with Gasteiger partial charge in [0.2, 0.25) is 0 Å². The van der Waals surface area contributed by atoms with E-state index < -0.39 is 17.3 Å². The maximum atomic E-state index is 13.5. The average Bonchev–Trinajstić information content (AvgIpc) is 2.95. The molecule has 0 unspecified atom stereocenters. The number of nitrogens with zero attached hydrogens (tertiary/aromatic N) is 3. The zero-order valence-electron chi connectivity index (χ0n) is 22.4. The van der Waals surface area contributed by atoms with E-state index >= 15 is 0 Å². The fourth-order valence-corrected chi connectivity index (χ4v) is 4.26. The van der Waals surface area contributed by atoms with Crippen LogP contribution in [0.2, 0.25) is 0 Å². The molecule has 3 rings (SSSR count). The number of hydrogen-bond donors (Lipinski definition) is 0. The highest BCUT2D eigenvalue weighted by Crippen LogP contribution is 2.41. The van der Waals surface area contributed by atoms with Gasteiger partial charge in [-0.3, -0.25) is 9.59 Å². The van der Waals surface area contributed by atoms with E-state index in [-0.39, 0.29) is 41.3 Å². The van der Waals surface area contributed by atoms with Crippen LogP contribution in [-0.4, -0.2) is 24.1 Å². The zero-order valence-corrected chi connectivity index (χ0v) is 22.4. The van der Waals surface area contributed by atoms with Gasteiger partial charge in [-0.1, -0.05) is 67.6 Å². The Hall–Kier alpha value is -5.06. The molecule has 0 spiro atoms. The van der Waals surface area contributed by atoms with Gasteiger partial charge in [-0.2, -0.15) is 15.8 Å². The van der Waals surface area contributed by atoms with Gasteiger partial charge in [0.25, 0.3) is 0 Å². The van der Waals surface area contributed by atoms with Crippen molar-refractivity contribution in [3.63, 3.8) is 0 Å². The summed E-state index contributed by atoms with van der Waals surface area (Å²) >= 11 is 0. The van der Waals surface area contributed by atoms with Crippen LogP contribution < -0.4 is 0 Å². The van der Waals surface area contributed by atoms with Crippen molar-refractivity contribution in [1.29, 1.82) is 15.8 Å². The number of carbonyl (C=O) groups is 3. The van der Waals surface area contributed by atoms with Crippen LogP contribution >= 0.6 is 0 Å². The van der Waals surface area contributed by atoms with Gasteiger partial charge in [-0.05, 0) is 50.5 Å². The average molecular weight is 520 g/mol. The molecule has 0 heterocycles. The SMILES string of the molecule is CC(C)=O.CCOC(=O)[C@H](C[C@](C)(c1ccccc1)c1cc(C#N)c(C#N)cc1C#N)C(=O)c1ccccc1. The molecule has 0 aliphatic carbocycles. The normalized spacial score (nSPS) is 12.1. The van der Waals surface area contributed by atoms with Crippen molar-refractivity contribution in [3.05, 3.63) is 106 Å². The van der Waals surface area contributed by atoms with Crippen LogP contribution in [0.3, 0.4) is 0 Å². The van der Waals surface area contributed by atoms with Crippen LogP contribution in [0.25, 0.3) is 0 Å². The van der Waals surface area contributed by atoms with Crippen molar-refractivity contribution in [2.75, 3.05) is 6.61 Å². The number of benzene rings is 3. The summed E-state index contributed by atoms with van der Waals surface area (Å²) in [5, 5.41) is 29.0. The summed E-state index contributed by atoms with van der Waals surface area (Å²) in [5.74, 6) is -2.04. The quantitative estimate of drug-likeness (QED) is 0.213. The minimum atomic E-state index is -1.16. The summed E-state index contributed by atoms with van der Waals surface area (Å²) in [6, 6.07) is 26.7. The van der Waals surface area contributed by atoms with Crippen molar-refractivity contribution < 1.29 is 19.1 Å². The van der Waals surface area contributed by atoms with E-state index in [1.807, 2.05) is 49.4 Å². The van der Waals surface area contributed by atoms with Crippen LogP contribution in [0.15, 0.2) is 72.8 Å². The Bertz CT molecular complexity index is 1460. The van der Waals surface area contributed by atoms with Crippen molar-refractivity contribution in [2.24, 2.45) is 5.92 Å². The first-order chi connectivity index (χ1) is 18.6. The highest BCUT2D eigenvalue weighted by Gasteiger charge is 2.41. The van der Waals surface area contributed by atoms with Crippen LogP contribution in [-0.2, 0) is 19.7 Å². The van der Waals surface area contributed by atoms with Crippen LogP contribution in [0, 0.1) is 39.9 Å². The lowest BCUT2D eigenvalue weighted by molar-refractivity contribution is -0.146. The Morgan fingerprint density at radius 2 is 1.31 bits per heavy atom. The summed E-state index contributed by atoms with van der Waals surface area (Å²) in [6.45, 7) is 6.67. The van der Waals surface area contributed by atoms with Crippen molar-refractivity contribution in [1.82, 2.24) is 0 Å². The summed E-state index contributed by atoms with van der Waals surface area (Å²) in [7, 11) is 0. The van der Waals surface area contributed by atoms with Gasteiger partial charge in [0.05, 0.1) is 29.4 Å². The fraction of sp³-hybridized carbons (Fsp3) is 0.250. The van der Waals surface area contributed by atoms with Crippen LogP contribution in [0.5, 0.6) is 0 Å². The van der Waals surface area contributed by atoms with Gasteiger partial charge in [0, 0.05) is 11.0 Å². The van der Waals surface area contributed by atoms with E-state index in [0.717, 1.165) is 5.56 Å². The Morgan fingerprint density at radius 1 is 0.821 bits per heavy atom.